The van der Waals surface area contributed by atoms with Crippen LogP contribution in [0.15, 0.2) is 30.3 Å². The molecule has 2 amide bonds. The third-order valence-corrected chi connectivity index (χ3v) is 2.17. The number of nitrogens with zero attached hydrogens (tertiary/aromatic N) is 1. The highest BCUT2D eigenvalue weighted by Crippen LogP contribution is 2.21. The summed E-state index contributed by atoms with van der Waals surface area (Å²) >= 11 is 0. The summed E-state index contributed by atoms with van der Waals surface area (Å²) in [5.74, 6) is 0. The lowest BCUT2D eigenvalue weighted by Crippen LogP contribution is -2.43. The SMILES string of the molecule is CC(C)(C)OC(=O)N(C(=O)OC(C)(C)C)c1ccccc1. The van der Waals surface area contributed by atoms with Crippen molar-refractivity contribution < 1.29 is 19.1 Å². The first-order chi connectivity index (χ1) is 9.49. The minimum atomic E-state index is -0.761. The van der Waals surface area contributed by atoms with Gasteiger partial charge in [0.05, 0.1) is 5.69 Å². The molecule has 0 unspecified atom stereocenters. The van der Waals surface area contributed by atoms with Gasteiger partial charge in [-0.1, -0.05) is 18.2 Å². The molecule has 0 heterocycles. The van der Waals surface area contributed by atoms with Crippen molar-refractivity contribution in [3.05, 3.63) is 30.3 Å². The number of amides is 2. The molecular formula is C16H23NO4. The van der Waals surface area contributed by atoms with Gasteiger partial charge in [-0.25, -0.2) is 9.59 Å². The standard InChI is InChI=1S/C16H23NO4/c1-15(2,3)20-13(18)17(12-10-8-7-9-11-12)14(19)21-16(4,5)6/h7-11H,1-6H3. The fourth-order valence-electron chi connectivity index (χ4n) is 1.48. The normalized spacial score (nSPS) is 11.7. The van der Waals surface area contributed by atoms with Crippen LogP contribution < -0.4 is 4.90 Å². The van der Waals surface area contributed by atoms with Gasteiger partial charge in [0, 0.05) is 0 Å². The molecule has 1 aromatic carbocycles. The molecule has 0 saturated heterocycles. The highest BCUT2D eigenvalue weighted by Gasteiger charge is 2.32. The average Bonchev–Trinajstić information content (AvgIpc) is 2.25. The second-order valence-electron chi connectivity index (χ2n) is 6.63. The summed E-state index contributed by atoms with van der Waals surface area (Å²) in [6.07, 6.45) is -1.52. The Kier molecular flexibility index (Phi) is 4.99. The molecule has 0 aliphatic heterocycles. The van der Waals surface area contributed by atoms with Crippen LogP contribution in [-0.2, 0) is 9.47 Å². The first kappa shape index (κ1) is 17.0. The summed E-state index contributed by atoms with van der Waals surface area (Å²) in [6, 6.07) is 8.56. The lowest BCUT2D eigenvalue weighted by atomic mass is 10.2. The van der Waals surface area contributed by atoms with Gasteiger partial charge < -0.3 is 9.47 Å². The molecule has 0 atom stereocenters. The van der Waals surface area contributed by atoms with Crippen molar-refractivity contribution in [1.82, 2.24) is 0 Å². The van der Waals surface area contributed by atoms with Crippen LogP contribution in [0.4, 0.5) is 15.3 Å². The molecule has 0 spiro atoms. The topological polar surface area (TPSA) is 55.8 Å². The number of carbonyl (C=O) groups is 2. The number of benzene rings is 1. The molecule has 5 heteroatoms. The van der Waals surface area contributed by atoms with E-state index < -0.39 is 23.4 Å². The first-order valence-electron chi connectivity index (χ1n) is 6.81. The molecule has 1 rings (SSSR count). The minimum Gasteiger partial charge on any atom is -0.443 e. The van der Waals surface area contributed by atoms with E-state index in [1.165, 1.54) is 0 Å². The van der Waals surface area contributed by atoms with E-state index in [0.717, 1.165) is 4.90 Å². The number of ether oxygens (including phenoxy) is 2. The Labute approximate surface area is 125 Å². The summed E-state index contributed by atoms with van der Waals surface area (Å²) in [5.41, 5.74) is -1.00. The zero-order valence-corrected chi connectivity index (χ0v) is 13.5. The monoisotopic (exact) mass is 293 g/mol. The number of para-hydroxylation sites is 1. The van der Waals surface area contributed by atoms with E-state index in [1.54, 1.807) is 71.9 Å². The lowest BCUT2D eigenvalue weighted by molar-refractivity contribution is 0.0431. The molecule has 21 heavy (non-hydrogen) atoms. The van der Waals surface area contributed by atoms with Crippen LogP contribution in [0.3, 0.4) is 0 Å². The van der Waals surface area contributed by atoms with E-state index in [4.69, 9.17) is 9.47 Å². The number of imide groups is 1. The van der Waals surface area contributed by atoms with Crippen molar-refractivity contribution in [3.63, 3.8) is 0 Å². The Balaban J connectivity index is 3.07. The highest BCUT2D eigenvalue weighted by atomic mass is 16.6. The van der Waals surface area contributed by atoms with Crippen LogP contribution in [0.25, 0.3) is 0 Å². The third kappa shape index (κ3) is 5.85. The molecule has 1 aromatic rings. The summed E-state index contributed by atoms with van der Waals surface area (Å²) in [7, 11) is 0. The maximum absolute atomic E-state index is 12.3. The van der Waals surface area contributed by atoms with Gasteiger partial charge in [-0.3, -0.25) is 0 Å². The van der Waals surface area contributed by atoms with Crippen molar-refractivity contribution in [2.75, 3.05) is 4.90 Å². The number of hydrogen-bond acceptors (Lipinski definition) is 4. The Morgan fingerprint density at radius 2 is 1.19 bits per heavy atom. The second-order valence-corrected chi connectivity index (χ2v) is 6.63. The molecule has 0 N–H and O–H groups in total. The van der Waals surface area contributed by atoms with Crippen LogP contribution in [-0.4, -0.2) is 23.4 Å². The van der Waals surface area contributed by atoms with Crippen molar-refractivity contribution in [3.8, 4) is 0 Å². The summed E-state index contributed by atoms with van der Waals surface area (Å²) in [4.78, 5) is 25.5. The summed E-state index contributed by atoms with van der Waals surface area (Å²) in [5, 5.41) is 0. The first-order valence-corrected chi connectivity index (χ1v) is 6.81. The Morgan fingerprint density at radius 1 is 0.810 bits per heavy atom. The van der Waals surface area contributed by atoms with Crippen molar-refractivity contribution in [2.45, 2.75) is 52.7 Å². The van der Waals surface area contributed by atoms with E-state index in [-0.39, 0.29) is 0 Å². The van der Waals surface area contributed by atoms with E-state index in [2.05, 4.69) is 0 Å². The number of hydrogen-bond donors (Lipinski definition) is 0. The van der Waals surface area contributed by atoms with Gasteiger partial charge in [-0.15, -0.1) is 0 Å². The van der Waals surface area contributed by atoms with Crippen LogP contribution in [0.5, 0.6) is 0 Å². The quantitative estimate of drug-likeness (QED) is 0.771. The fourth-order valence-corrected chi connectivity index (χ4v) is 1.48. The van der Waals surface area contributed by atoms with E-state index in [9.17, 15) is 9.59 Å². The van der Waals surface area contributed by atoms with E-state index >= 15 is 0 Å². The van der Waals surface area contributed by atoms with Gasteiger partial charge >= 0.3 is 12.2 Å². The number of carbonyl (C=O) groups excluding carboxylic acids is 2. The fraction of sp³-hybridized carbons (Fsp3) is 0.500. The molecule has 0 bridgehead atoms. The zero-order chi connectivity index (χ0) is 16.3. The minimum absolute atomic E-state index is 0.404. The largest absolute Gasteiger partial charge is 0.443 e. The summed E-state index contributed by atoms with van der Waals surface area (Å²) < 4.78 is 10.6. The van der Waals surface area contributed by atoms with Gasteiger partial charge in [0.2, 0.25) is 0 Å². The van der Waals surface area contributed by atoms with Gasteiger partial charge in [0.1, 0.15) is 11.2 Å². The number of anilines is 1. The second kappa shape index (κ2) is 6.16. The van der Waals surface area contributed by atoms with Crippen molar-refractivity contribution >= 4 is 17.9 Å². The van der Waals surface area contributed by atoms with Gasteiger partial charge in [0.15, 0.2) is 0 Å². The molecule has 0 aliphatic rings. The predicted molar refractivity (Wildman–Crippen MR) is 81.4 cm³/mol. The molecular weight excluding hydrogens is 270 g/mol. The maximum atomic E-state index is 12.3. The molecule has 5 nitrogen and oxygen atoms in total. The van der Waals surface area contributed by atoms with Crippen LogP contribution in [0.2, 0.25) is 0 Å². The molecule has 0 fully saturated rings. The van der Waals surface area contributed by atoms with Crippen LogP contribution in [0, 0.1) is 0 Å². The third-order valence-electron chi connectivity index (χ3n) is 2.17. The summed E-state index contributed by atoms with van der Waals surface area (Å²) in [6.45, 7) is 10.4. The van der Waals surface area contributed by atoms with Crippen molar-refractivity contribution in [2.24, 2.45) is 0 Å². The van der Waals surface area contributed by atoms with E-state index in [1.807, 2.05) is 0 Å². The smallest absolute Gasteiger partial charge is 0.424 e. The molecule has 0 aliphatic carbocycles. The molecule has 0 radical (unpaired) electrons. The average molecular weight is 293 g/mol. The van der Waals surface area contributed by atoms with Gasteiger partial charge in [-0.05, 0) is 53.7 Å². The molecule has 0 saturated carbocycles. The number of rotatable bonds is 1. The Bertz CT molecular complexity index is 469. The molecule has 116 valence electrons. The van der Waals surface area contributed by atoms with Gasteiger partial charge in [-0.2, -0.15) is 4.90 Å². The van der Waals surface area contributed by atoms with Crippen LogP contribution >= 0.6 is 0 Å². The maximum Gasteiger partial charge on any atom is 0.424 e. The Hall–Kier alpha value is -2.04. The highest BCUT2D eigenvalue weighted by molar-refractivity contribution is 6.09. The zero-order valence-electron chi connectivity index (χ0n) is 13.5. The lowest BCUT2D eigenvalue weighted by Gasteiger charge is -2.28. The molecule has 0 aromatic heterocycles. The Morgan fingerprint density at radius 3 is 1.52 bits per heavy atom. The van der Waals surface area contributed by atoms with Crippen LogP contribution in [0.1, 0.15) is 41.5 Å². The van der Waals surface area contributed by atoms with Crippen molar-refractivity contribution in [1.29, 1.82) is 0 Å². The van der Waals surface area contributed by atoms with Gasteiger partial charge in [0.25, 0.3) is 0 Å². The van der Waals surface area contributed by atoms with E-state index in [0.29, 0.717) is 5.69 Å². The predicted octanol–water partition coefficient (Wildman–Crippen LogP) is 4.36.